The molecule has 0 spiro atoms. The molecule has 0 radical (unpaired) electrons. The molecule has 7 nitrogen and oxygen atoms in total. The fourth-order valence-electron chi connectivity index (χ4n) is 2.03. The Morgan fingerprint density at radius 1 is 1.12 bits per heavy atom. The molecule has 24 heavy (non-hydrogen) atoms. The zero-order chi connectivity index (χ0) is 18.1. The Hall–Kier alpha value is -2.57. The summed E-state index contributed by atoms with van der Waals surface area (Å²) in [5, 5.41) is 5.19. The highest BCUT2D eigenvalue weighted by atomic mass is 16.5. The second-order valence-corrected chi connectivity index (χ2v) is 5.52. The van der Waals surface area contributed by atoms with Gasteiger partial charge in [-0.1, -0.05) is 6.92 Å². The number of nitrogens with zero attached hydrogens (tertiary/aromatic N) is 1. The zero-order valence-electron chi connectivity index (χ0n) is 14.6. The van der Waals surface area contributed by atoms with Crippen LogP contribution in [0.1, 0.15) is 27.2 Å². The van der Waals surface area contributed by atoms with E-state index in [9.17, 15) is 14.4 Å². The van der Waals surface area contributed by atoms with Crippen LogP contribution in [0.2, 0.25) is 0 Å². The predicted molar refractivity (Wildman–Crippen MR) is 91.8 cm³/mol. The van der Waals surface area contributed by atoms with Crippen LogP contribution in [0.15, 0.2) is 24.3 Å². The molecule has 132 valence electrons. The first-order valence-corrected chi connectivity index (χ1v) is 7.87. The molecule has 3 amide bonds. The largest absolute Gasteiger partial charge is 0.497 e. The van der Waals surface area contributed by atoms with Crippen LogP contribution in [-0.4, -0.2) is 48.9 Å². The zero-order valence-corrected chi connectivity index (χ0v) is 14.6. The molecule has 0 saturated carbocycles. The summed E-state index contributed by atoms with van der Waals surface area (Å²) in [7, 11) is 1.56. The summed E-state index contributed by atoms with van der Waals surface area (Å²) in [5.74, 6) is -0.111. The summed E-state index contributed by atoms with van der Waals surface area (Å²) in [6, 6.07) is 6.80. The number of hydrogen-bond donors (Lipinski definition) is 2. The van der Waals surface area contributed by atoms with Crippen molar-refractivity contribution in [2.45, 2.75) is 33.2 Å². The SMILES string of the molecule is CCC(=O)N(CC(=O)NCC(=O)Nc1ccc(OC)cc1)C(C)C. The van der Waals surface area contributed by atoms with Gasteiger partial charge in [-0.2, -0.15) is 0 Å². The molecule has 0 saturated heterocycles. The number of carbonyl (C=O) groups excluding carboxylic acids is 3. The molecular formula is C17H25N3O4. The van der Waals surface area contributed by atoms with E-state index in [1.165, 1.54) is 4.90 Å². The van der Waals surface area contributed by atoms with Gasteiger partial charge >= 0.3 is 0 Å². The highest BCUT2D eigenvalue weighted by Gasteiger charge is 2.18. The first-order valence-electron chi connectivity index (χ1n) is 7.87. The summed E-state index contributed by atoms with van der Waals surface area (Å²) in [6.45, 7) is 5.23. The van der Waals surface area contributed by atoms with Gasteiger partial charge in [0.25, 0.3) is 0 Å². The van der Waals surface area contributed by atoms with Crippen molar-refractivity contribution in [3.8, 4) is 5.75 Å². The number of benzene rings is 1. The third-order valence-corrected chi connectivity index (χ3v) is 3.38. The second kappa shape index (κ2) is 9.54. The Kier molecular flexibility index (Phi) is 7.74. The number of anilines is 1. The lowest BCUT2D eigenvalue weighted by atomic mass is 10.2. The van der Waals surface area contributed by atoms with Crippen molar-refractivity contribution < 1.29 is 19.1 Å². The van der Waals surface area contributed by atoms with E-state index in [4.69, 9.17) is 4.74 Å². The quantitative estimate of drug-likeness (QED) is 0.752. The summed E-state index contributed by atoms with van der Waals surface area (Å²) < 4.78 is 5.04. The Balaban J connectivity index is 2.44. The van der Waals surface area contributed by atoms with E-state index < -0.39 is 0 Å². The van der Waals surface area contributed by atoms with Crippen LogP contribution in [0.3, 0.4) is 0 Å². The molecule has 0 aliphatic carbocycles. The molecule has 0 aliphatic heterocycles. The van der Waals surface area contributed by atoms with Gasteiger partial charge in [-0.25, -0.2) is 0 Å². The minimum atomic E-state index is -0.365. The average Bonchev–Trinajstić information content (AvgIpc) is 2.57. The molecule has 0 bridgehead atoms. The summed E-state index contributed by atoms with van der Waals surface area (Å²) >= 11 is 0. The number of carbonyl (C=O) groups is 3. The Labute approximate surface area is 142 Å². The summed E-state index contributed by atoms with van der Waals surface area (Å²) in [4.78, 5) is 37.0. The van der Waals surface area contributed by atoms with Crippen LogP contribution in [0.25, 0.3) is 0 Å². The molecule has 1 aromatic carbocycles. The highest BCUT2D eigenvalue weighted by Crippen LogP contribution is 2.14. The van der Waals surface area contributed by atoms with Crippen LogP contribution in [0.4, 0.5) is 5.69 Å². The van der Waals surface area contributed by atoms with Gasteiger partial charge in [0.2, 0.25) is 17.7 Å². The van der Waals surface area contributed by atoms with E-state index in [1.54, 1.807) is 38.3 Å². The van der Waals surface area contributed by atoms with Gasteiger partial charge in [-0.15, -0.1) is 0 Å². The fraction of sp³-hybridized carbons (Fsp3) is 0.471. The van der Waals surface area contributed by atoms with Crippen molar-refractivity contribution >= 4 is 23.4 Å². The van der Waals surface area contributed by atoms with E-state index >= 15 is 0 Å². The second-order valence-electron chi connectivity index (χ2n) is 5.52. The first kappa shape index (κ1) is 19.5. The van der Waals surface area contributed by atoms with Crippen LogP contribution >= 0.6 is 0 Å². The van der Waals surface area contributed by atoms with Gasteiger partial charge in [0.05, 0.1) is 20.2 Å². The van der Waals surface area contributed by atoms with Crippen LogP contribution in [-0.2, 0) is 14.4 Å². The monoisotopic (exact) mass is 335 g/mol. The van der Waals surface area contributed by atoms with Crippen LogP contribution < -0.4 is 15.4 Å². The van der Waals surface area contributed by atoms with E-state index in [2.05, 4.69) is 10.6 Å². The number of hydrogen-bond acceptors (Lipinski definition) is 4. The molecular weight excluding hydrogens is 310 g/mol. The van der Waals surface area contributed by atoms with E-state index in [0.29, 0.717) is 17.9 Å². The third kappa shape index (κ3) is 6.28. The minimum Gasteiger partial charge on any atom is -0.497 e. The van der Waals surface area contributed by atoms with Crippen LogP contribution in [0.5, 0.6) is 5.75 Å². The lowest BCUT2D eigenvalue weighted by Crippen LogP contribution is -2.45. The average molecular weight is 335 g/mol. The van der Waals surface area contributed by atoms with Crippen LogP contribution in [0, 0.1) is 0 Å². The molecule has 0 unspecified atom stereocenters. The van der Waals surface area contributed by atoms with Gasteiger partial charge in [-0.3, -0.25) is 14.4 Å². The molecule has 0 aromatic heterocycles. The lowest BCUT2D eigenvalue weighted by Gasteiger charge is -2.25. The van der Waals surface area contributed by atoms with Crippen molar-refractivity contribution in [1.29, 1.82) is 0 Å². The van der Waals surface area contributed by atoms with Crippen molar-refractivity contribution in [3.05, 3.63) is 24.3 Å². The molecule has 0 heterocycles. The first-order chi connectivity index (χ1) is 11.4. The fourth-order valence-corrected chi connectivity index (χ4v) is 2.03. The number of rotatable bonds is 8. The summed E-state index contributed by atoms with van der Waals surface area (Å²) in [6.07, 6.45) is 0.337. The molecule has 0 atom stereocenters. The Morgan fingerprint density at radius 2 is 1.75 bits per heavy atom. The van der Waals surface area contributed by atoms with E-state index in [0.717, 1.165) is 0 Å². The van der Waals surface area contributed by atoms with Crippen molar-refractivity contribution in [3.63, 3.8) is 0 Å². The number of methoxy groups -OCH3 is 1. The van der Waals surface area contributed by atoms with Crippen molar-refractivity contribution in [2.75, 3.05) is 25.5 Å². The van der Waals surface area contributed by atoms with Gasteiger partial charge in [0.15, 0.2) is 0 Å². The maximum atomic E-state index is 11.9. The Bertz CT molecular complexity index is 570. The molecule has 0 aliphatic rings. The topological polar surface area (TPSA) is 87.7 Å². The standard InChI is InChI=1S/C17H25N3O4/c1-5-17(23)20(12(2)3)11-16(22)18-10-15(21)19-13-6-8-14(24-4)9-7-13/h6-9,12H,5,10-11H2,1-4H3,(H,18,22)(H,19,21). The van der Waals surface area contributed by atoms with Gasteiger partial charge in [-0.05, 0) is 38.1 Å². The van der Waals surface area contributed by atoms with Gasteiger partial charge in [0.1, 0.15) is 5.75 Å². The molecule has 1 rings (SSSR count). The number of nitrogens with one attached hydrogen (secondary N) is 2. The van der Waals surface area contributed by atoms with Crippen molar-refractivity contribution in [1.82, 2.24) is 10.2 Å². The smallest absolute Gasteiger partial charge is 0.243 e. The van der Waals surface area contributed by atoms with Gasteiger partial charge in [0, 0.05) is 18.2 Å². The predicted octanol–water partition coefficient (Wildman–Crippen LogP) is 1.40. The normalized spacial score (nSPS) is 10.2. The maximum absolute atomic E-state index is 11.9. The Morgan fingerprint density at radius 3 is 2.25 bits per heavy atom. The molecule has 1 aromatic rings. The number of amides is 3. The van der Waals surface area contributed by atoms with E-state index in [1.807, 2.05) is 13.8 Å². The number of ether oxygens (including phenoxy) is 1. The van der Waals surface area contributed by atoms with Crippen molar-refractivity contribution in [2.24, 2.45) is 0 Å². The maximum Gasteiger partial charge on any atom is 0.243 e. The van der Waals surface area contributed by atoms with E-state index in [-0.39, 0.29) is 36.9 Å². The van der Waals surface area contributed by atoms with Gasteiger partial charge < -0.3 is 20.3 Å². The molecule has 2 N–H and O–H groups in total. The summed E-state index contributed by atoms with van der Waals surface area (Å²) in [5.41, 5.74) is 0.611. The minimum absolute atomic E-state index is 0.0554. The highest BCUT2D eigenvalue weighted by molar-refractivity contribution is 5.95. The lowest BCUT2D eigenvalue weighted by molar-refractivity contribution is -0.137. The third-order valence-electron chi connectivity index (χ3n) is 3.38. The molecule has 7 heteroatoms. The molecule has 0 fully saturated rings.